The summed E-state index contributed by atoms with van der Waals surface area (Å²) in [5, 5.41) is 11.2. The topological polar surface area (TPSA) is 53.3 Å². The van der Waals surface area contributed by atoms with Gasteiger partial charge < -0.3 is 9.64 Å². The zero-order valence-electron chi connectivity index (χ0n) is 12.3. The quantitative estimate of drug-likeness (QED) is 0.641. The summed E-state index contributed by atoms with van der Waals surface area (Å²) in [6.45, 7) is 0. The van der Waals surface area contributed by atoms with E-state index >= 15 is 0 Å². The number of carbonyl (C=O) groups excluding carboxylic acids is 1. The molecule has 0 saturated heterocycles. The molecule has 4 nitrogen and oxygen atoms in total. The van der Waals surface area contributed by atoms with E-state index in [1.54, 1.807) is 27.3 Å². The highest BCUT2D eigenvalue weighted by Crippen LogP contribution is 2.30. The van der Waals surface area contributed by atoms with Crippen molar-refractivity contribution < 1.29 is 9.53 Å². The van der Waals surface area contributed by atoms with Crippen LogP contribution >= 0.6 is 0 Å². The van der Waals surface area contributed by atoms with Crippen molar-refractivity contribution in [2.75, 3.05) is 21.2 Å². The first kappa shape index (κ1) is 14.6. The van der Waals surface area contributed by atoms with Crippen LogP contribution in [0.3, 0.4) is 0 Å². The fourth-order valence-electron chi connectivity index (χ4n) is 2.13. The van der Waals surface area contributed by atoms with Gasteiger partial charge in [-0.3, -0.25) is 4.79 Å². The normalized spacial score (nSPS) is 11.0. The molecule has 2 aromatic carbocycles. The Labute approximate surface area is 123 Å². The first-order chi connectivity index (χ1) is 10.1. The van der Waals surface area contributed by atoms with E-state index in [1.165, 1.54) is 4.90 Å². The fraction of sp³-hybridized carbons (Fsp3) is 0.176. The molecule has 0 aliphatic carbocycles. The van der Waals surface area contributed by atoms with Crippen LogP contribution in [-0.2, 0) is 4.79 Å². The predicted molar refractivity (Wildman–Crippen MR) is 82.8 cm³/mol. The van der Waals surface area contributed by atoms with Crippen molar-refractivity contribution in [1.82, 2.24) is 4.90 Å². The third-order valence-electron chi connectivity index (χ3n) is 3.20. The number of nitrogens with zero attached hydrogens (tertiary/aromatic N) is 2. The van der Waals surface area contributed by atoms with Crippen molar-refractivity contribution in [2.45, 2.75) is 0 Å². The molecular formula is C17H16N2O2. The maximum absolute atomic E-state index is 12.0. The van der Waals surface area contributed by atoms with Crippen molar-refractivity contribution >= 4 is 22.8 Å². The van der Waals surface area contributed by atoms with Gasteiger partial charge in [-0.15, -0.1) is 0 Å². The maximum atomic E-state index is 12.0. The molecule has 2 aromatic rings. The fourth-order valence-corrected chi connectivity index (χ4v) is 2.13. The van der Waals surface area contributed by atoms with Gasteiger partial charge >= 0.3 is 0 Å². The van der Waals surface area contributed by atoms with E-state index in [-0.39, 0.29) is 11.5 Å². The first-order valence-electron chi connectivity index (χ1n) is 6.47. The second kappa shape index (κ2) is 6.10. The first-order valence-corrected chi connectivity index (χ1v) is 6.47. The molecule has 0 fully saturated rings. The van der Waals surface area contributed by atoms with Crippen LogP contribution in [0.4, 0.5) is 0 Å². The number of fused-ring (bicyclic) bond motifs is 1. The summed E-state index contributed by atoms with van der Waals surface area (Å²) in [4.78, 5) is 13.4. The number of ether oxygens (including phenoxy) is 1. The van der Waals surface area contributed by atoms with Crippen molar-refractivity contribution in [2.24, 2.45) is 0 Å². The van der Waals surface area contributed by atoms with Crippen LogP contribution in [-0.4, -0.2) is 32.0 Å². The van der Waals surface area contributed by atoms with Crippen LogP contribution in [0.15, 0.2) is 42.0 Å². The lowest BCUT2D eigenvalue weighted by molar-refractivity contribution is -0.124. The molecular weight excluding hydrogens is 264 g/mol. The third-order valence-corrected chi connectivity index (χ3v) is 3.20. The Morgan fingerprint density at radius 3 is 2.57 bits per heavy atom. The largest absolute Gasteiger partial charge is 0.496 e. The number of amides is 1. The molecule has 4 heteroatoms. The second-order valence-corrected chi connectivity index (χ2v) is 4.77. The summed E-state index contributed by atoms with van der Waals surface area (Å²) in [5.74, 6) is 0.306. The zero-order chi connectivity index (χ0) is 15.4. The van der Waals surface area contributed by atoms with E-state index in [0.717, 1.165) is 16.3 Å². The number of hydrogen-bond acceptors (Lipinski definition) is 3. The van der Waals surface area contributed by atoms with Crippen LogP contribution in [0.5, 0.6) is 5.75 Å². The number of likely N-dealkylation sites (N-methyl/N-ethyl adjacent to an activating group) is 1. The van der Waals surface area contributed by atoms with Crippen molar-refractivity contribution in [3.8, 4) is 11.8 Å². The van der Waals surface area contributed by atoms with Gasteiger partial charge in [0.1, 0.15) is 17.4 Å². The van der Waals surface area contributed by atoms with E-state index in [2.05, 4.69) is 0 Å². The Hall–Kier alpha value is -2.80. The van der Waals surface area contributed by atoms with E-state index in [9.17, 15) is 10.1 Å². The molecule has 2 rings (SSSR count). The summed E-state index contributed by atoms with van der Waals surface area (Å²) in [7, 11) is 4.81. The standard InChI is InChI=1S/C17H16N2O2/c1-19(2)17(20)13(11-18)10-15-14-7-5-4-6-12(14)8-9-16(15)21-3/h4-10H,1-3H3/b13-10+. The van der Waals surface area contributed by atoms with Gasteiger partial charge in [-0.2, -0.15) is 5.26 Å². The van der Waals surface area contributed by atoms with Gasteiger partial charge in [0.25, 0.3) is 5.91 Å². The van der Waals surface area contributed by atoms with Gasteiger partial charge in [0.05, 0.1) is 7.11 Å². The highest BCUT2D eigenvalue weighted by atomic mass is 16.5. The second-order valence-electron chi connectivity index (χ2n) is 4.77. The Morgan fingerprint density at radius 2 is 1.95 bits per heavy atom. The highest BCUT2D eigenvalue weighted by molar-refractivity contribution is 6.04. The molecule has 0 unspecified atom stereocenters. The van der Waals surface area contributed by atoms with Gasteiger partial charge in [-0.05, 0) is 22.9 Å². The average Bonchev–Trinajstić information content (AvgIpc) is 2.51. The molecule has 0 bridgehead atoms. The lowest BCUT2D eigenvalue weighted by Gasteiger charge is -2.11. The smallest absolute Gasteiger partial charge is 0.264 e. The molecule has 0 saturated carbocycles. The number of benzene rings is 2. The summed E-state index contributed by atoms with van der Waals surface area (Å²) < 4.78 is 5.36. The SMILES string of the molecule is COc1ccc2ccccc2c1/C=C(\C#N)C(=O)N(C)C. The number of nitriles is 1. The Kier molecular flexibility index (Phi) is 4.24. The van der Waals surface area contributed by atoms with Crippen LogP contribution < -0.4 is 4.74 Å². The van der Waals surface area contributed by atoms with Crippen molar-refractivity contribution in [3.63, 3.8) is 0 Å². The van der Waals surface area contributed by atoms with E-state index < -0.39 is 0 Å². The minimum absolute atomic E-state index is 0.0784. The molecule has 21 heavy (non-hydrogen) atoms. The lowest BCUT2D eigenvalue weighted by Crippen LogP contribution is -2.22. The molecule has 0 atom stereocenters. The van der Waals surface area contributed by atoms with E-state index in [0.29, 0.717) is 5.75 Å². The molecule has 0 aliphatic rings. The summed E-state index contributed by atoms with van der Waals surface area (Å²) in [5.41, 5.74) is 0.817. The van der Waals surface area contributed by atoms with E-state index in [4.69, 9.17) is 4.74 Å². The minimum atomic E-state index is -0.326. The molecule has 0 spiro atoms. The average molecular weight is 280 g/mol. The highest BCUT2D eigenvalue weighted by Gasteiger charge is 2.14. The van der Waals surface area contributed by atoms with Gasteiger partial charge in [0, 0.05) is 19.7 Å². The number of methoxy groups -OCH3 is 1. The molecule has 106 valence electrons. The Balaban J connectivity index is 2.70. The zero-order valence-corrected chi connectivity index (χ0v) is 12.3. The maximum Gasteiger partial charge on any atom is 0.264 e. The Bertz CT molecular complexity index is 755. The Morgan fingerprint density at radius 1 is 1.24 bits per heavy atom. The van der Waals surface area contributed by atoms with Gasteiger partial charge in [-0.25, -0.2) is 0 Å². The van der Waals surface area contributed by atoms with Gasteiger partial charge in [0.2, 0.25) is 0 Å². The summed E-state index contributed by atoms with van der Waals surface area (Å²) in [6, 6.07) is 13.5. The molecule has 0 N–H and O–H groups in total. The number of hydrogen-bond donors (Lipinski definition) is 0. The van der Waals surface area contributed by atoms with Crippen LogP contribution in [0, 0.1) is 11.3 Å². The minimum Gasteiger partial charge on any atom is -0.496 e. The molecule has 0 aliphatic heterocycles. The number of carbonyl (C=O) groups is 1. The molecule has 0 aromatic heterocycles. The third kappa shape index (κ3) is 2.87. The summed E-state index contributed by atoms with van der Waals surface area (Å²) in [6.07, 6.45) is 1.59. The molecule has 1 amide bonds. The van der Waals surface area contributed by atoms with E-state index in [1.807, 2.05) is 42.5 Å². The van der Waals surface area contributed by atoms with Crippen LogP contribution in [0.2, 0.25) is 0 Å². The van der Waals surface area contributed by atoms with Crippen molar-refractivity contribution in [3.05, 3.63) is 47.5 Å². The van der Waals surface area contributed by atoms with Gasteiger partial charge in [0.15, 0.2) is 0 Å². The molecule has 0 heterocycles. The summed E-state index contributed by atoms with van der Waals surface area (Å²) >= 11 is 0. The van der Waals surface area contributed by atoms with Gasteiger partial charge in [-0.1, -0.05) is 30.3 Å². The predicted octanol–water partition coefficient (Wildman–Crippen LogP) is 2.84. The monoisotopic (exact) mass is 280 g/mol. The van der Waals surface area contributed by atoms with Crippen LogP contribution in [0.1, 0.15) is 5.56 Å². The van der Waals surface area contributed by atoms with Crippen molar-refractivity contribution in [1.29, 1.82) is 5.26 Å². The molecule has 0 radical (unpaired) electrons. The van der Waals surface area contributed by atoms with Crippen LogP contribution in [0.25, 0.3) is 16.8 Å². The number of rotatable bonds is 3. The lowest BCUT2D eigenvalue weighted by atomic mass is 10.0.